The standard InChI is InChI=1S/C24H28N2O3S/c1-3-4-14-29-19-15-16(10-12-18(19)28-2)11-13-21-25-23(27)22-17-8-6-5-7-9-20(17)30-24(22)26-21/h10-13,15H,3-9,14H2,1-2H3,(H,25,26,27)/b13-11+. The molecule has 0 spiro atoms. The second-order valence-corrected chi connectivity index (χ2v) is 8.73. The highest BCUT2D eigenvalue weighted by atomic mass is 32.1. The van der Waals surface area contributed by atoms with Gasteiger partial charge in [-0.2, -0.15) is 0 Å². The lowest BCUT2D eigenvalue weighted by Crippen LogP contribution is -2.10. The topological polar surface area (TPSA) is 64.2 Å². The molecule has 30 heavy (non-hydrogen) atoms. The summed E-state index contributed by atoms with van der Waals surface area (Å²) in [6.45, 7) is 2.80. The summed E-state index contributed by atoms with van der Waals surface area (Å²) in [6, 6.07) is 5.82. The van der Waals surface area contributed by atoms with Gasteiger partial charge in [-0.1, -0.05) is 31.9 Å². The van der Waals surface area contributed by atoms with E-state index in [-0.39, 0.29) is 5.56 Å². The number of hydrogen-bond donors (Lipinski definition) is 1. The Morgan fingerprint density at radius 2 is 2.03 bits per heavy atom. The molecular formula is C24H28N2O3S. The van der Waals surface area contributed by atoms with E-state index in [0.29, 0.717) is 12.4 Å². The van der Waals surface area contributed by atoms with E-state index in [4.69, 9.17) is 14.5 Å². The molecular weight excluding hydrogens is 396 g/mol. The van der Waals surface area contributed by atoms with E-state index >= 15 is 0 Å². The fraction of sp³-hybridized carbons (Fsp3) is 0.417. The first-order valence-electron chi connectivity index (χ1n) is 10.7. The molecule has 4 rings (SSSR count). The smallest absolute Gasteiger partial charge is 0.260 e. The van der Waals surface area contributed by atoms with Crippen molar-refractivity contribution in [1.82, 2.24) is 9.97 Å². The van der Waals surface area contributed by atoms with Crippen LogP contribution in [0.3, 0.4) is 0 Å². The lowest BCUT2D eigenvalue weighted by Gasteiger charge is -2.11. The van der Waals surface area contributed by atoms with Crippen LogP contribution in [0.1, 0.15) is 60.9 Å². The maximum atomic E-state index is 12.8. The minimum Gasteiger partial charge on any atom is -0.493 e. The summed E-state index contributed by atoms with van der Waals surface area (Å²) in [4.78, 5) is 22.6. The highest BCUT2D eigenvalue weighted by molar-refractivity contribution is 7.18. The van der Waals surface area contributed by atoms with E-state index in [0.717, 1.165) is 59.4 Å². The molecule has 1 aliphatic carbocycles. The van der Waals surface area contributed by atoms with Crippen molar-refractivity contribution in [2.45, 2.75) is 51.9 Å². The lowest BCUT2D eigenvalue weighted by atomic mass is 10.1. The van der Waals surface area contributed by atoms with Crippen molar-refractivity contribution in [3.63, 3.8) is 0 Å². The average Bonchev–Trinajstić information content (AvgIpc) is 2.94. The zero-order valence-corrected chi connectivity index (χ0v) is 18.4. The summed E-state index contributed by atoms with van der Waals surface area (Å²) in [5.41, 5.74) is 2.16. The largest absolute Gasteiger partial charge is 0.493 e. The van der Waals surface area contributed by atoms with Gasteiger partial charge in [0.25, 0.3) is 5.56 Å². The fourth-order valence-corrected chi connectivity index (χ4v) is 5.12. The Bertz CT molecular complexity index is 1110. The van der Waals surface area contributed by atoms with Crippen LogP contribution in [0.2, 0.25) is 0 Å². The van der Waals surface area contributed by atoms with Gasteiger partial charge in [0.1, 0.15) is 10.7 Å². The van der Waals surface area contributed by atoms with Gasteiger partial charge < -0.3 is 14.5 Å². The van der Waals surface area contributed by atoms with Gasteiger partial charge in [-0.25, -0.2) is 4.98 Å². The third-order valence-electron chi connectivity index (χ3n) is 5.47. The normalized spacial score (nSPS) is 14.1. The molecule has 2 heterocycles. The number of H-pyrrole nitrogens is 1. The number of rotatable bonds is 7. The van der Waals surface area contributed by atoms with Gasteiger partial charge in [0.05, 0.1) is 19.1 Å². The number of unbranched alkanes of at least 4 members (excludes halogenated alkanes) is 1. The van der Waals surface area contributed by atoms with Gasteiger partial charge in [-0.15, -0.1) is 11.3 Å². The zero-order chi connectivity index (χ0) is 20.9. The first-order chi connectivity index (χ1) is 14.7. The van der Waals surface area contributed by atoms with Crippen LogP contribution >= 0.6 is 11.3 Å². The summed E-state index contributed by atoms with van der Waals surface area (Å²) >= 11 is 1.68. The van der Waals surface area contributed by atoms with Crippen molar-refractivity contribution in [3.05, 3.63) is 50.4 Å². The van der Waals surface area contributed by atoms with Crippen molar-refractivity contribution >= 4 is 33.7 Å². The Balaban J connectivity index is 1.61. The molecule has 158 valence electrons. The van der Waals surface area contributed by atoms with Crippen LogP contribution < -0.4 is 15.0 Å². The number of ether oxygens (including phenoxy) is 2. The van der Waals surface area contributed by atoms with Gasteiger partial charge in [-0.3, -0.25) is 4.79 Å². The van der Waals surface area contributed by atoms with Crippen LogP contribution in [0.4, 0.5) is 0 Å². The molecule has 6 heteroatoms. The second kappa shape index (κ2) is 9.47. The van der Waals surface area contributed by atoms with E-state index in [1.54, 1.807) is 18.4 Å². The molecule has 0 unspecified atom stereocenters. The van der Waals surface area contributed by atoms with Crippen LogP contribution in [-0.4, -0.2) is 23.7 Å². The summed E-state index contributed by atoms with van der Waals surface area (Å²) < 4.78 is 11.3. The number of thiophene rings is 1. The molecule has 0 radical (unpaired) electrons. The van der Waals surface area contributed by atoms with E-state index in [2.05, 4.69) is 11.9 Å². The third kappa shape index (κ3) is 4.43. The van der Waals surface area contributed by atoms with Gasteiger partial charge in [0, 0.05) is 4.88 Å². The predicted octanol–water partition coefficient (Wildman–Crippen LogP) is 5.61. The van der Waals surface area contributed by atoms with Gasteiger partial charge in [0.2, 0.25) is 0 Å². The maximum Gasteiger partial charge on any atom is 0.260 e. The summed E-state index contributed by atoms with van der Waals surface area (Å²) in [5, 5.41) is 0.796. The number of nitrogens with zero attached hydrogens (tertiary/aromatic N) is 1. The number of aryl methyl sites for hydroxylation is 2. The second-order valence-electron chi connectivity index (χ2n) is 7.64. The van der Waals surface area contributed by atoms with Crippen molar-refractivity contribution in [2.24, 2.45) is 0 Å². The minimum absolute atomic E-state index is 0.0302. The van der Waals surface area contributed by atoms with Crippen LogP contribution in [0, 0.1) is 0 Å². The Kier molecular flexibility index (Phi) is 6.53. The quantitative estimate of drug-likeness (QED) is 0.395. The molecule has 0 saturated heterocycles. The van der Waals surface area contributed by atoms with Crippen molar-refractivity contribution in [2.75, 3.05) is 13.7 Å². The number of aromatic amines is 1. The number of nitrogens with one attached hydrogen (secondary N) is 1. The first-order valence-corrected chi connectivity index (χ1v) is 11.5. The summed E-state index contributed by atoms with van der Waals surface area (Å²) in [6.07, 6.45) is 11.5. The van der Waals surface area contributed by atoms with Crippen LogP contribution in [0.25, 0.3) is 22.4 Å². The van der Waals surface area contributed by atoms with E-state index < -0.39 is 0 Å². The molecule has 2 aromatic heterocycles. The fourth-order valence-electron chi connectivity index (χ4n) is 3.85. The van der Waals surface area contributed by atoms with E-state index in [9.17, 15) is 4.79 Å². The first kappa shape index (κ1) is 20.7. The monoisotopic (exact) mass is 424 g/mol. The van der Waals surface area contributed by atoms with Crippen molar-refractivity contribution < 1.29 is 9.47 Å². The number of methoxy groups -OCH3 is 1. The highest BCUT2D eigenvalue weighted by Crippen LogP contribution is 2.33. The Labute approximate surface area is 180 Å². The zero-order valence-electron chi connectivity index (χ0n) is 17.6. The summed E-state index contributed by atoms with van der Waals surface area (Å²) in [7, 11) is 1.64. The lowest BCUT2D eigenvalue weighted by molar-refractivity contribution is 0.288. The van der Waals surface area contributed by atoms with Gasteiger partial charge in [-0.05, 0) is 61.4 Å². The van der Waals surface area contributed by atoms with Gasteiger partial charge >= 0.3 is 0 Å². The van der Waals surface area contributed by atoms with Crippen LogP contribution in [0.15, 0.2) is 23.0 Å². The Morgan fingerprint density at radius 1 is 1.17 bits per heavy atom. The molecule has 1 aliphatic rings. The molecule has 0 bridgehead atoms. The van der Waals surface area contributed by atoms with Crippen molar-refractivity contribution in [1.29, 1.82) is 0 Å². The third-order valence-corrected chi connectivity index (χ3v) is 6.66. The molecule has 1 aromatic carbocycles. The molecule has 1 N–H and O–H groups in total. The minimum atomic E-state index is -0.0302. The predicted molar refractivity (Wildman–Crippen MR) is 124 cm³/mol. The van der Waals surface area contributed by atoms with Crippen LogP contribution in [0.5, 0.6) is 11.5 Å². The van der Waals surface area contributed by atoms with E-state index in [1.165, 1.54) is 23.3 Å². The molecule has 0 saturated carbocycles. The highest BCUT2D eigenvalue weighted by Gasteiger charge is 2.18. The summed E-state index contributed by atoms with van der Waals surface area (Å²) in [5.74, 6) is 2.02. The molecule has 0 fully saturated rings. The van der Waals surface area contributed by atoms with Crippen LogP contribution in [-0.2, 0) is 12.8 Å². The molecule has 0 atom stereocenters. The number of hydrogen-bond acceptors (Lipinski definition) is 5. The number of aromatic nitrogens is 2. The molecule has 5 nitrogen and oxygen atoms in total. The Hall–Kier alpha value is -2.60. The molecule has 0 amide bonds. The SMILES string of the molecule is CCCCOc1cc(/C=C/c2nc3sc4c(c3c(=O)[nH]2)CCCCC4)ccc1OC. The molecule has 0 aliphatic heterocycles. The van der Waals surface area contributed by atoms with E-state index in [1.807, 2.05) is 30.4 Å². The Morgan fingerprint density at radius 3 is 2.87 bits per heavy atom. The van der Waals surface area contributed by atoms with Crippen molar-refractivity contribution in [3.8, 4) is 11.5 Å². The maximum absolute atomic E-state index is 12.8. The average molecular weight is 425 g/mol. The molecule has 3 aromatic rings. The van der Waals surface area contributed by atoms with Gasteiger partial charge in [0.15, 0.2) is 11.5 Å². The number of fused-ring (bicyclic) bond motifs is 3. The number of benzene rings is 1.